The van der Waals surface area contributed by atoms with Gasteiger partial charge in [0.1, 0.15) is 5.82 Å². The number of nitrogens with zero attached hydrogens (tertiary/aromatic N) is 4. The lowest BCUT2D eigenvalue weighted by atomic mass is 9.83. The van der Waals surface area contributed by atoms with Gasteiger partial charge in [0.2, 0.25) is 0 Å². The lowest BCUT2D eigenvalue weighted by Crippen LogP contribution is -2.35. The number of aliphatic imine (C=N–C) groups is 1. The number of H-pyrrole nitrogens is 1. The number of methoxy groups -OCH3 is 1. The highest BCUT2D eigenvalue weighted by molar-refractivity contribution is 7.96. The van der Waals surface area contributed by atoms with Crippen LogP contribution in [0.1, 0.15) is 55.3 Å². The number of amides is 2. The smallest absolute Gasteiger partial charge is 0.411 e. The molecule has 12 heteroatoms. The number of guanidine groups is 1. The zero-order valence-electron chi connectivity index (χ0n) is 25.2. The molecule has 43 heavy (non-hydrogen) atoms. The molecule has 2 saturated heterocycles. The Morgan fingerprint density at radius 1 is 1.05 bits per heavy atom. The van der Waals surface area contributed by atoms with E-state index < -0.39 is 6.09 Å². The number of likely N-dealkylation sites (tertiary alicyclic amines) is 1. The zero-order valence-corrected chi connectivity index (χ0v) is 26.1. The van der Waals surface area contributed by atoms with Crippen molar-refractivity contribution in [1.82, 2.24) is 19.2 Å². The molecule has 1 aromatic heterocycles. The normalized spacial score (nSPS) is 18.8. The Morgan fingerprint density at radius 2 is 1.72 bits per heavy atom. The molecule has 2 amide bonds. The van der Waals surface area contributed by atoms with Crippen molar-refractivity contribution in [2.45, 2.75) is 39.2 Å². The number of nitrogens with two attached hydrogens (primary N) is 2. The van der Waals surface area contributed by atoms with E-state index in [2.05, 4.69) is 30.6 Å². The SMILES string of the molecule is CC.COC(=O)Nc1ccc(-c2cnc(C3CC(C4CCN(SC)CC4)CN3C(=O)c3ccc(N=C(N)N)cc3)[nH]2)cc1. The van der Waals surface area contributed by atoms with E-state index in [-0.39, 0.29) is 17.9 Å². The van der Waals surface area contributed by atoms with Crippen molar-refractivity contribution in [1.29, 1.82) is 0 Å². The first-order valence-electron chi connectivity index (χ1n) is 14.6. The number of anilines is 1. The van der Waals surface area contributed by atoms with Crippen molar-refractivity contribution in [2.24, 2.45) is 28.3 Å². The van der Waals surface area contributed by atoms with Crippen LogP contribution < -0.4 is 16.8 Å². The van der Waals surface area contributed by atoms with Crippen LogP contribution in [0.25, 0.3) is 11.3 Å². The highest BCUT2D eigenvalue weighted by Crippen LogP contribution is 2.42. The number of piperidine rings is 1. The number of ether oxygens (including phenoxy) is 1. The first-order chi connectivity index (χ1) is 20.8. The molecule has 2 aliphatic rings. The molecule has 2 aromatic carbocycles. The first-order valence-corrected chi connectivity index (χ1v) is 15.8. The minimum absolute atomic E-state index is 0.0259. The van der Waals surface area contributed by atoms with Crippen molar-refractivity contribution in [3.8, 4) is 11.3 Å². The maximum Gasteiger partial charge on any atom is 0.411 e. The van der Waals surface area contributed by atoms with Gasteiger partial charge in [0.15, 0.2) is 5.96 Å². The molecule has 0 spiro atoms. The summed E-state index contributed by atoms with van der Waals surface area (Å²) in [5.41, 5.74) is 14.6. The molecular weight excluding hydrogens is 564 g/mol. The van der Waals surface area contributed by atoms with E-state index in [0.717, 1.165) is 49.4 Å². The number of imidazole rings is 1. The van der Waals surface area contributed by atoms with Gasteiger partial charge in [-0.05, 0) is 79.3 Å². The van der Waals surface area contributed by atoms with Crippen molar-refractivity contribution in [2.75, 3.05) is 38.3 Å². The summed E-state index contributed by atoms with van der Waals surface area (Å²) >= 11 is 1.80. The van der Waals surface area contributed by atoms with Crippen LogP contribution in [0, 0.1) is 11.8 Å². The molecular formula is C31H42N8O3S. The summed E-state index contributed by atoms with van der Waals surface area (Å²) in [4.78, 5) is 39.6. The summed E-state index contributed by atoms with van der Waals surface area (Å²) < 4.78 is 7.07. The molecule has 3 aromatic rings. The molecule has 2 atom stereocenters. The number of hydrogen-bond acceptors (Lipinski definition) is 7. The molecule has 5 rings (SSSR count). The Bertz CT molecular complexity index is 1380. The number of nitrogens with one attached hydrogen (secondary N) is 2. The number of aromatic nitrogens is 2. The van der Waals surface area contributed by atoms with Crippen molar-refractivity contribution < 1.29 is 14.3 Å². The fourth-order valence-electron chi connectivity index (χ4n) is 5.77. The predicted octanol–water partition coefficient (Wildman–Crippen LogP) is 5.38. The quantitative estimate of drug-likeness (QED) is 0.159. The van der Waals surface area contributed by atoms with Crippen molar-refractivity contribution in [3.05, 3.63) is 66.1 Å². The number of aromatic amines is 1. The van der Waals surface area contributed by atoms with Gasteiger partial charge >= 0.3 is 6.09 Å². The van der Waals surface area contributed by atoms with E-state index in [1.165, 1.54) is 7.11 Å². The minimum Gasteiger partial charge on any atom is -0.453 e. The van der Waals surface area contributed by atoms with Gasteiger partial charge in [0, 0.05) is 30.9 Å². The average molecular weight is 607 g/mol. The maximum atomic E-state index is 13.9. The van der Waals surface area contributed by atoms with Crippen LogP contribution in [0.3, 0.4) is 0 Å². The number of benzene rings is 2. The van der Waals surface area contributed by atoms with Gasteiger partial charge in [-0.25, -0.2) is 14.8 Å². The molecule has 0 bridgehead atoms. The molecule has 0 radical (unpaired) electrons. The van der Waals surface area contributed by atoms with Crippen molar-refractivity contribution in [3.63, 3.8) is 0 Å². The van der Waals surface area contributed by atoms with Crippen LogP contribution in [0.4, 0.5) is 16.2 Å². The van der Waals surface area contributed by atoms with Crippen LogP contribution in [0.5, 0.6) is 0 Å². The Labute approximate surface area is 257 Å². The second-order valence-corrected chi connectivity index (χ2v) is 11.3. The molecule has 3 heterocycles. The summed E-state index contributed by atoms with van der Waals surface area (Å²) in [5.74, 6) is 1.66. The van der Waals surface area contributed by atoms with Gasteiger partial charge in [-0.15, -0.1) is 0 Å². The van der Waals surface area contributed by atoms with Crippen molar-refractivity contribution >= 4 is 41.3 Å². The number of carbonyl (C=O) groups excluding carboxylic acids is 2. The van der Waals surface area contributed by atoms with Crippen LogP contribution in [-0.4, -0.2) is 70.1 Å². The second-order valence-electron chi connectivity index (χ2n) is 10.4. The largest absolute Gasteiger partial charge is 0.453 e. The van der Waals surface area contributed by atoms with Gasteiger partial charge < -0.3 is 26.1 Å². The van der Waals surface area contributed by atoms with Gasteiger partial charge in [-0.1, -0.05) is 37.9 Å². The predicted molar refractivity (Wildman–Crippen MR) is 173 cm³/mol. The summed E-state index contributed by atoms with van der Waals surface area (Å²) in [6.45, 7) is 6.82. The van der Waals surface area contributed by atoms with Gasteiger partial charge in [-0.3, -0.25) is 14.4 Å². The highest BCUT2D eigenvalue weighted by Gasteiger charge is 2.42. The van der Waals surface area contributed by atoms with E-state index in [1.807, 2.05) is 30.9 Å². The van der Waals surface area contributed by atoms with Gasteiger partial charge in [-0.2, -0.15) is 0 Å². The summed E-state index contributed by atoms with van der Waals surface area (Å²) in [5, 5.41) is 2.65. The zero-order chi connectivity index (χ0) is 30.9. The van der Waals surface area contributed by atoms with E-state index in [1.54, 1.807) is 54.5 Å². The summed E-state index contributed by atoms with van der Waals surface area (Å²) in [6, 6.07) is 14.3. The fraction of sp³-hybridized carbons (Fsp3) is 0.419. The average Bonchev–Trinajstić information content (AvgIpc) is 3.70. The second kappa shape index (κ2) is 14.9. The lowest BCUT2D eigenvalue weighted by Gasteiger charge is -2.33. The van der Waals surface area contributed by atoms with Crippen LogP contribution >= 0.6 is 11.9 Å². The number of carbonyl (C=O) groups is 2. The Morgan fingerprint density at radius 3 is 2.33 bits per heavy atom. The highest BCUT2D eigenvalue weighted by atomic mass is 32.2. The van der Waals surface area contributed by atoms with E-state index in [0.29, 0.717) is 35.3 Å². The number of hydrogen-bond donors (Lipinski definition) is 4. The molecule has 230 valence electrons. The molecule has 11 nitrogen and oxygen atoms in total. The standard InChI is InChI=1S/C29H36N8O3S.C2H6/c1-40-29(39)34-23-7-3-19(4-8-23)24-16-32-26(35-24)25-15-21(18-11-13-36(41-2)14-12-18)17-37(25)27(38)20-5-9-22(10-6-20)33-28(30)31;1-2/h3-10,16,18,21,25H,11-15,17H2,1-2H3,(H,32,35)(H,34,39)(H4,30,31,33);1-2H3. The monoisotopic (exact) mass is 606 g/mol. The van der Waals surface area contributed by atoms with Gasteiger partial charge in [0.25, 0.3) is 5.91 Å². The summed E-state index contributed by atoms with van der Waals surface area (Å²) in [7, 11) is 1.33. The van der Waals surface area contributed by atoms with E-state index >= 15 is 0 Å². The first kappa shape index (κ1) is 31.9. The lowest BCUT2D eigenvalue weighted by molar-refractivity contribution is 0.0720. The van der Waals surface area contributed by atoms with Crippen LogP contribution in [0.2, 0.25) is 0 Å². The third kappa shape index (κ3) is 7.88. The maximum absolute atomic E-state index is 13.9. The Hall–Kier alpha value is -4.03. The number of rotatable bonds is 7. The topological polar surface area (TPSA) is 155 Å². The van der Waals surface area contributed by atoms with Crippen LogP contribution in [0.15, 0.2) is 59.7 Å². The molecule has 6 N–H and O–H groups in total. The minimum atomic E-state index is -0.521. The summed E-state index contributed by atoms with van der Waals surface area (Å²) in [6.07, 6.45) is 6.52. The van der Waals surface area contributed by atoms with Crippen LogP contribution in [-0.2, 0) is 4.74 Å². The third-order valence-corrected chi connectivity index (χ3v) is 8.81. The van der Waals surface area contributed by atoms with E-state index in [4.69, 9.17) is 16.5 Å². The molecule has 0 aliphatic carbocycles. The fourth-order valence-corrected chi connectivity index (χ4v) is 6.35. The molecule has 2 aliphatic heterocycles. The molecule has 0 saturated carbocycles. The third-order valence-electron chi connectivity index (χ3n) is 7.93. The molecule has 2 fully saturated rings. The van der Waals surface area contributed by atoms with Gasteiger partial charge in [0.05, 0.1) is 30.7 Å². The Balaban J connectivity index is 0.00000207. The Kier molecular flexibility index (Phi) is 11.1. The molecule has 2 unspecified atom stereocenters. The van der Waals surface area contributed by atoms with E-state index in [9.17, 15) is 9.59 Å².